The van der Waals surface area contributed by atoms with Crippen molar-refractivity contribution in [1.82, 2.24) is 19.8 Å². The van der Waals surface area contributed by atoms with E-state index >= 15 is 0 Å². The molecule has 1 N–H and O–H groups in total. The number of nitrogens with zero attached hydrogens (tertiary/aromatic N) is 3. The smallest absolute Gasteiger partial charge is 0.109 e. The maximum atomic E-state index is 4.89. The fourth-order valence-corrected chi connectivity index (χ4v) is 3.98. The monoisotopic (exact) mass is 368 g/mol. The summed E-state index contributed by atoms with van der Waals surface area (Å²) in [5.41, 5.74) is 2.95. The van der Waals surface area contributed by atoms with E-state index in [0.717, 1.165) is 12.6 Å². The van der Waals surface area contributed by atoms with Crippen LogP contribution in [0.2, 0.25) is 0 Å². The zero-order valence-electron chi connectivity index (χ0n) is 12.9. The maximum absolute atomic E-state index is 4.89. The molecule has 0 atom stereocenters. The molecule has 3 aliphatic heterocycles. The number of imidazole rings is 1. The van der Waals surface area contributed by atoms with Crippen LogP contribution >= 0.6 is 37.2 Å². The van der Waals surface area contributed by atoms with Gasteiger partial charge in [-0.05, 0) is 38.8 Å². The van der Waals surface area contributed by atoms with Crippen LogP contribution in [-0.4, -0.2) is 40.1 Å². The normalized spacial score (nSPS) is 21.6. The minimum absolute atomic E-state index is 0. The Hall–Kier alpha value is -0.000000000000000111. The molecule has 0 bridgehead atoms. The predicted octanol–water partition coefficient (Wildman–Crippen LogP) is 2.59. The second kappa shape index (κ2) is 8.74. The molecule has 1 aromatic heterocycles. The Labute approximate surface area is 151 Å². The van der Waals surface area contributed by atoms with Crippen molar-refractivity contribution in [2.45, 2.75) is 57.7 Å². The lowest BCUT2D eigenvalue weighted by Gasteiger charge is -2.37. The molecule has 0 aromatic carbocycles. The zero-order chi connectivity index (χ0) is 12.7. The highest BCUT2D eigenvalue weighted by Gasteiger charge is 2.29. The quantitative estimate of drug-likeness (QED) is 0.826. The van der Waals surface area contributed by atoms with Gasteiger partial charge in [-0.3, -0.25) is 4.90 Å². The van der Waals surface area contributed by atoms with Gasteiger partial charge < -0.3 is 9.88 Å². The van der Waals surface area contributed by atoms with Crippen molar-refractivity contribution in [3.63, 3.8) is 0 Å². The van der Waals surface area contributed by atoms with Gasteiger partial charge in [0, 0.05) is 38.5 Å². The molecule has 1 saturated heterocycles. The second-order valence-electron chi connectivity index (χ2n) is 6.23. The highest BCUT2D eigenvalue weighted by Crippen LogP contribution is 2.27. The first kappa shape index (κ1) is 20.0. The molecule has 0 aliphatic carbocycles. The Morgan fingerprint density at radius 2 is 1.73 bits per heavy atom. The summed E-state index contributed by atoms with van der Waals surface area (Å²) in [5, 5.41) is 3.47. The summed E-state index contributed by atoms with van der Waals surface area (Å²) >= 11 is 0. The topological polar surface area (TPSA) is 33.1 Å². The SMILES string of the molecule is C1CCn2c(nc3c2CN(C2CCNCC2)CC3)C1.Cl.Cl.Cl. The van der Waals surface area contributed by atoms with Gasteiger partial charge in [0.05, 0.1) is 11.4 Å². The highest BCUT2D eigenvalue weighted by atomic mass is 35.5. The average Bonchev–Trinajstić information content (AvgIpc) is 2.86. The molecular formula is C15H27Cl3N4. The third-order valence-corrected chi connectivity index (χ3v) is 5.08. The van der Waals surface area contributed by atoms with Crippen LogP contribution in [0, 0.1) is 0 Å². The van der Waals surface area contributed by atoms with Crippen molar-refractivity contribution in [2.75, 3.05) is 19.6 Å². The second-order valence-corrected chi connectivity index (χ2v) is 6.23. The zero-order valence-corrected chi connectivity index (χ0v) is 15.4. The van der Waals surface area contributed by atoms with Crippen LogP contribution in [-0.2, 0) is 25.9 Å². The number of aromatic nitrogens is 2. The van der Waals surface area contributed by atoms with Gasteiger partial charge in [0.2, 0.25) is 0 Å². The minimum atomic E-state index is 0. The van der Waals surface area contributed by atoms with Crippen molar-refractivity contribution < 1.29 is 0 Å². The summed E-state index contributed by atoms with van der Waals surface area (Å²) in [4.78, 5) is 7.61. The van der Waals surface area contributed by atoms with E-state index in [-0.39, 0.29) is 37.2 Å². The lowest BCUT2D eigenvalue weighted by Crippen LogP contribution is -2.45. The molecule has 7 heteroatoms. The molecule has 0 radical (unpaired) electrons. The lowest BCUT2D eigenvalue weighted by atomic mass is 10.0. The fourth-order valence-electron chi connectivity index (χ4n) is 3.98. The standard InChI is InChI=1S/C15H24N4.3ClH/c1-2-9-19-14-11-18(12-4-7-16-8-5-12)10-6-13(14)17-15(19)3-1;;;/h12,16H,1-11H2;3*1H. The number of aryl methyl sites for hydroxylation is 1. The first-order valence-corrected chi connectivity index (χ1v) is 7.94. The Kier molecular flexibility index (Phi) is 7.96. The number of hydrogen-bond acceptors (Lipinski definition) is 3. The number of fused-ring (bicyclic) bond motifs is 3. The van der Waals surface area contributed by atoms with Crippen molar-refractivity contribution in [3.8, 4) is 0 Å². The van der Waals surface area contributed by atoms with Gasteiger partial charge in [0.15, 0.2) is 0 Å². The van der Waals surface area contributed by atoms with Crippen LogP contribution in [0.15, 0.2) is 0 Å². The molecular weight excluding hydrogens is 343 g/mol. The number of halogens is 3. The first-order valence-electron chi connectivity index (χ1n) is 7.94. The van der Waals surface area contributed by atoms with Crippen molar-refractivity contribution in [2.24, 2.45) is 0 Å². The van der Waals surface area contributed by atoms with E-state index in [1.165, 1.54) is 76.2 Å². The minimum Gasteiger partial charge on any atom is -0.331 e. The van der Waals surface area contributed by atoms with Gasteiger partial charge in [-0.2, -0.15) is 0 Å². The molecule has 4 nitrogen and oxygen atoms in total. The molecule has 128 valence electrons. The molecule has 4 heterocycles. The Morgan fingerprint density at radius 3 is 2.50 bits per heavy atom. The summed E-state index contributed by atoms with van der Waals surface area (Å²) in [6, 6.07) is 0.796. The first-order chi connectivity index (χ1) is 9.42. The predicted molar refractivity (Wildman–Crippen MR) is 96.9 cm³/mol. The van der Waals surface area contributed by atoms with E-state index < -0.39 is 0 Å². The summed E-state index contributed by atoms with van der Waals surface area (Å²) < 4.78 is 2.53. The van der Waals surface area contributed by atoms with Crippen molar-refractivity contribution in [1.29, 1.82) is 0 Å². The van der Waals surface area contributed by atoms with Gasteiger partial charge >= 0.3 is 0 Å². The van der Waals surface area contributed by atoms with E-state index in [0.29, 0.717) is 0 Å². The molecule has 4 rings (SSSR count). The van der Waals surface area contributed by atoms with Crippen LogP contribution in [0.3, 0.4) is 0 Å². The molecule has 3 aliphatic rings. The third-order valence-electron chi connectivity index (χ3n) is 5.08. The summed E-state index contributed by atoms with van der Waals surface area (Å²) in [6.07, 6.45) is 7.66. The molecule has 22 heavy (non-hydrogen) atoms. The summed E-state index contributed by atoms with van der Waals surface area (Å²) in [7, 11) is 0. The largest absolute Gasteiger partial charge is 0.331 e. The molecule has 0 amide bonds. The maximum Gasteiger partial charge on any atom is 0.109 e. The fraction of sp³-hybridized carbons (Fsp3) is 0.800. The number of nitrogens with one attached hydrogen (secondary N) is 1. The third kappa shape index (κ3) is 3.73. The van der Waals surface area contributed by atoms with Crippen LogP contribution in [0.4, 0.5) is 0 Å². The van der Waals surface area contributed by atoms with Gasteiger partial charge in [-0.15, -0.1) is 37.2 Å². The molecule has 0 saturated carbocycles. The number of piperidine rings is 1. The summed E-state index contributed by atoms with van der Waals surface area (Å²) in [5.74, 6) is 1.36. The Bertz CT molecular complexity index is 472. The molecule has 0 spiro atoms. The molecule has 1 fully saturated rings. The van der Waals surface area contributed by atoms with Crippen molar-refractivity contribution in [3.05, 3.63) is 17.2 Å². The van der Waals surface area contributed by atoms with Gasteiger partial charge in [0.1, 0.15) is 5.82 Å². The van der Waals surface area contributed by atoms with E-state index in [9.17, 15) is 0 Å². The van der Waals surface area contributed by atoms with Gasteiger partial charge in [-0.25, -0.2) is 4.98 Å². The lowest BCUT2D eigenvalue weighted by molar-refractivity contribution is 0.142. The van der Waals surface area contributed by atoms with Crippen LogP contribution < -0.4 is 5.32 Å². The van der Waals surface area contributed by atoms with Crippen LogP contribution in [0.1, 0.15) is 42.9 Å². The van der Waals surface area contributed by atoms with Gasteiger partial charge in [-0.1, -0.05) is 0 Å². The Balaban J connectivity index is 0.000000807. The molecule has 1 aromatic rings. The number of rotatable bonds is 1. The van der Waals surface area contributed by atoms with Gasteiger partial charge in [0.25, 0.3) is 0 Å². The van der Waals surface area contributed by atoms with E-state index in [1.54, 1.807) is 5.69 Å². The van der Waals surface area contributed by atoms with Crippen LogP contribution in [0.5, 0.6) is 0 Å². The van der Waals surface area contributed by atoms with Crippen molar-refractivity contribution >= 4 is 37.2 Å². The summed E-state index contributed by atoms with van der Waals surface area (Å²) in [6.45, 7) is 5.95. The van der Waals surface area contributed by atoms with Crippen LogP contribution in [0.25, 0.3) is 0 Å². The van der Waals surface area contributed by atoms with E-state index in [4.69, 9.17) is 4.98 Å². The molecule has 0 unspecified atom stereocenters. The highest BCUT2D eigenvalue weighted by molar-refractivity contribution is 5.86. The number of hydrogen-bond donors (Lipinski definition) is 1. The van der Waals surface area contributed by atoms with E-state index in [2.05, 4.69) is 14.8 Å². The Morgan fingerprint density at radius 1 is 0.955 bits per heavy atom. The van der Waals surface area contributed by atoms with E-state index in [1.807, 2.05) is 0 Å². The average molecular weight is 370 g/mol.